The molecule has 1 amide bonds. The first-order valence-corrected chi connectivity index (χ1v) is 28.0. The van der Waals surface area contributed by atoms with Gasteiger partial charge in [0.25, 0.3) is 0 Å². The number of benzene rings is 5. The summed E-state index contributed by atoms with van der Waals surface area (Å²) in [5.74, 6) is 0.373. The topological polar surface area (TPSA) is 169 Å². The Kier molecular flexibility index (Phi) is 15.1. The first-order chi connectivity index (χ1) is 36.2. The molecule has 75 heavy (non-hydrogen) atoms. The van der Waals surface area contributed by atoms with Gasteiger partial charge in [0, 0.05) is 78.9 Å². The Labute approximate surface area is 438 Å². The van der Waals surface area contributed by atoms with Crippen molar-refractivity contribution in [3.05, 3.63) is 154 Å². The van der Waals surface area contributed by atoms with Crippen molar-refractivity contribution in [1.29, 1.82) is 0 Å². The molecule has 0 fully saturated rings. The van der Waals surface area contributed by atoms with Crippen LogP contribution in [-0.4, -0.2) is 79.9 Å². The number of hydrogen-bond donors (Lipinski definition) is 2. The van der Waals surface area contributed by atoms with Crippen LogP contribution in [0.1, 0.15) is 111 Å². The molecule has 5 aromatic carbocycles. The van der Waals surface area contributed by atoms with E-state index < -0.39 is 39.2 Å². The highest BCUT2D eigenvalue weighted by atomic mass is 32.2. The molecule has 390 valence electrons. The van der Waals surface area contributed by atoms with Crippen molar-refractivity contribution in [1.82, 2.24) is 14.9 Å². The Morgan fingerprint density at radius 1 is 0.960 bits per heavy atom. The van der Waals surface area contributed by atoms with E-state index in [1.165, 1.54) is 11.6 Å². The summed E-state index contributed by atoms with van der Waals surface area (Å²) >= 11 is 0. The molecule has 0 radical (unpaired) electrons. The third-order valence-corrected chi connectivity index (χ3v) is 15.8. The van der Waals surface area contributed by atoms with E-state index in [2.05, 4.69) is 39.2 Å². The number of carbonyl (C=O) groups is 2. The highest BCUT2D eigenvalue weighted by molar-refractivity contribution is 7.85. The van der Waals surface area contributed by atoms with Crippen LogP contribution in [0.3, 0.4) is 0 Å². The lowest BCUT2D eigenvalue weighted by Gasteiger charge is -2.48. The quantitative estimate of drug-likeness (QED) is 0.0432. The van der Waals surface area contributed by atoms with Crippen molar-refractivity contribution in [2.24, 2.45) is 4.99 Å². The second kappa shape index (κ2) is 22.0. The number of amides is 1. The van der Waals surface area contributed by atoms with Gasteiger partial charge in [-0.15, -0.1) is 0 Å². The molecule has 16 heteroatoms. The maximum Gasteiger partial charge on any atom is 0.359 e. The third kappa shape index (κ3) is 11.8. The summed E-state index contributed by atoms with van der Waals surface area (Å²) in [6, 6.07) is 32.0. The molecule has 4 aliphatic heterocycles. The zero-order valence-electron chi connectivity index (χ0n) is 42.9. The first-order valence-electron chi connectivity index (χ1n) is 26.4. The summed E-state index contributed by atoms with van der Waals surface area (Å²) in [6.45, 7) is 9.54. The van der Waals surface area contributed by atoms with Gasteiger partial charge in [-0.1, -0.05) is 79.6 Å². The van der Waals surface area contributed by atoms with Crippen LogP contribution in [0.25, 0.3) is 11.3 Å². The summed E-state index contributed by atoms with van der Waals surface area (Å²) in [7, 11) is -4.53. The van der Waals surface area contributed by atoms with Gasteiger partial charge in [0.1, 0.15) is 41.7 Å². The van der Waals surface area contributed by atoms with E-state index in [0.717, 1.165) is 90.4 Å². The smallest absolute Gasteiger partial charge is 0.359 e. The van der Waals surface area contributed by atoms with Crippen LogP contribution in [0.15, 0.2) is 114 Å². The van der Waals surface area contributed by atoms with Crippen LogP contribution in [0.5, 0.6) is 17.2 Å². The molecule has 2 N–H and O–H groups in total. The number of anilines is 2. The van der Waals surface area contributed by atoms with Crippen molar-refractivity contribution in [3.8, 4) is 28.5 Å². The predicted molar refractivity (Wildman–Crippen MR) is 285 cm³/mol. The van der Waals surface area contributed by atoms with Gasteiger partial charge < -0.3 is 24.2 Å². The molecule has 4 aliphatic rings. The number of nitrogens with one attached hydrogen (secondary N) is 2. The lowest BCUT2D eigenvalue weighted by atomic mass is 9.79. The summed E-state index contributed by atoms with van der Waals surface area (Å²) in [5.41, 5.74) is 6.98. The largest absolute Gasteiger partial charge is 0.748 e. The molecule has 5 heterocycles. The molecule has 2 unspecified atom stereocenters. The minimum atomic E-state index is -4.53. The number of halogens is 1. The SMILES string of the molecule is CC[N+]1=c2cc3c(cc2CCC1)=Nc1cc2c(cc1O3)N(CCCC(=O)NCCCCCCOc1ccc(CC3Nc4c(Cc5ccccc5)nc(-c5ccccc5)c[n+]4C3=O)cc1F)C(C)(C)CC2CS(=O)(=O)[O-]. The molecule has 0 saturated heterocycles. The summed E-state index contributed by atoms with van der Waals surface area (Å²) in [5, 5.41) is 8.35. The van der Waals surface area contributed by atoms with Crippen molar-refractivity contribution in [2.45, 2.75) is 109 Å². The molecular weight excluding hydrogens is 970 g/mol. The van der Waals surface area contributed by atoms with Crippen LogP contribution in [0, 0.1) is 5.82 Å². The molecular formula is C59H65FN7O7S+. The van der Waals surface area contributed by atoms with E-state index in [-0.39, 0.29) is 24.0 Å². The average Bonchev–Trinajstić information content (AvgIpc) is 3.74. The zero-order chi connectivity index (χ0) is 52.3. The molecule has 0 aliphatic carbocycles. The van der Waals surface area contributed by atoms with Crippen molar-refractivity contribution in [2.75, 3.05) is 48.8 Å². The maximum atomic E-state index is 15.4. The molecule has 6 aromatic rings. The number of unbranched alkanes of at least 4 members (excludes halogenated alkanes) is 3. The van der Waals surface area contributed by atoms with Crippen LogP contribution < -0.4 is 44.9 Å². The van der Waals surface area contributed by atoms with Crippen LogP contribution in [0.4, 0.5) is 21.6 Å². The number of aryl methyl sites for hydroxylation is 1. The molecule has 0 saturated carbocycles. The van der Waals surface area contributed by atoms with E-state index >= 15 is 4.39 Å². The average molecular weight is 1040 g/mol. The first kappa shape index (κ1) is 51.4. The highest BCUT2D eigenvalue weighted by Gasteiger charge is 2.42. The van der Waals surface area contributed by atoms with Gasteiger partial charge in [0.15, 0.2) is 29.1 Å². The summed E-state index contributed by atoms with van der Waals surface area (Å²) in [6.07, 6.45) is 9.18. The second-order valence-corrected chi connectivity index (χ2v) is 22.3. The fraction of sp³-hybridized carbons (Fsp3) is 0.390. The number of hydrogen-bond acceptors (Lipinski definition) is 11. The fourth-order valence-electron chi connectivity index (χ4n) is 11.3. The minimum Gasteiger partial charge on any atom is -0.748 e. The molecule has 1 aromatic heterocycles. The molecule has 2 atom stereocenters. The maximum absolute atomic E-state index is 15.4. The Bertz CT molecular complexity index is 3380. The van der Waals surface area contributed by atoms with Gasteiger partial charge >= 0.3 is 11.7 Å². The highest BCUT2D eigenvalue weighted by Crippen LogP contribution is 2.49. The minimum absolute atomic E-state index is 0.0466. The van der Waals surface area contributed by atoms with Gasteiger partial charge in [-0.05, 0) is 93.8 Å². The predicted octanol–water partition coefficient (Wildman–Crippen LogP) is 8.11. The van der Waals surface area contributed by atoms with Crippen LogP contribution >= 0.6 is 0 Å². The Hall–Kier alpha value is -7.04. The lowest BCUT2D eigenvalue weighted by Crippen LogP contribution is -2.50. The third-order valence-electron chi connectivity index (χ3n) is 15.0. The van der Waals surface area contributed by atoms with E-state index in [1.54, 1.807) is 22.9 Å². The number of carbonyl (C=O) groups excluding carboxylic acids is 2. The van der Waals surface area contributed by atoms with Crippen LogP contribution in [-0.2, 0) is 34.2 Å². The van der Waals surface area contributed by atoms with E-state index in [4.69, 9.17) is 19.5 Å². The van der Waals surface area contributed by atoms with Gasteiger partial charge in [0.2, 0.25) is 11.3 Å². The Balaban J connectivity index is 0.679. The van der Waals surface area contributed by atoms with E-state index in [9.17, 15) is 22.6 Å². The van der Waals surface area contributed by atoms with Crippen molar-refractivity contribution < 1.29 is 41.0 Å². The number of ether oxygens (including phenoxy) is 2. The number of nitrogens with zero attached hydrogens (tertiary/aromatic N) is 5. The normalized spacial score (nSPS) is 17.1. The van der Waals surface area contributed by atoms with E-state index in [1.807, 2.05) is 86.6 Å². The number of aromatic nitrogens is 2. The molecule has 10 rings (SSSR count). The monoisotopic (exact) mass is 1030 g/mol. The van der Waals surface area contributed by atoms with Gasteiger partial charge in [-0.25, -0.2) is 32.2 Å². The number of rotatable bonds is 20. The summed E-state index contributed by atoms with van der Waals surface area (Å²) in [4.78, 5) is 39.1. The second-order valence-electron chi connectivity index (χ2n) is 20.9. The Morgan fingerprint density at radius 3 is 2.52 bits per heavy atom. The van der Waals surface area contributed by atoms with Gasteiger partial charge in [-0.2, -0.15) is 4.57 Å². The van der Waals surface area contributed by atoms with Crippen LogP contribution in [0.2, 0.25) is 0 Å². The van der Waals surface area contributed by atoms with E-state index in [0.29, 0.717) is 79.6 Å². The van der Waals surface area contributed by atoms with Crippen molar-refractivity contribution in [3.63, 3.8) is 0 Å². The molecule has 0 bridgehead atoms. The van der Waals surface area contributed by atoms with Crippen molar-refractivity contribution >= 4 is 39.1 Å². The molecule has 0 spiro atoms. The summed E-state index contributed by atoms with van der Waals surface area (Å²) < 4.78 is 68.3. The number of fused-ring (bicyclic) bond motifs is 5. The van der Waals surface area contributed by atoms with Gasteiger partial charge in [0.05, 0.1) is 22.8 Å². The Morgan fingerprint density at radius 2 is 1.75 bits per heavy atom. The van der Waals surface area contributed by atoms with Gasteiger partial charge in [-0.3, -0.25) is 10.1 Å². The fourth-order valence-corrected chi connectivity index (χ4v) is 12.1. The molecule has 14 nitrogen and oxygen atoms in total. The lowest BCUT2D eigenvalue weighted by molar-refractivity contribution is -0.552. The standard InChI is InChI=1S/C59H64FN7O7S/c1-4-65-26-15-21-42-32-46-54(34-51(42)65)74-55-35-52-44(33-47(55)62-46)43(38-75(70,71)72)36-59(2,3)67(52)27-16-22-56(68)61-25-13-5-6-14-28-73-53-24-23-40(29-45(53)60)31-49-58(69)66-37-50(41-19-11-8-12-20-41)63-48(57(66)64-49)30-39-17-9-7-10-18-39/h7-12,17-20,23-24,29,32-35,37,43,49H,4-6,13-16,21-22,25-28,30-31,36,38H2,1-3H3,(H-,61,68,70,71,72)/p+1. The zero-order valence-corrected chi connectivity index (χ0v) is 43.8.